The number of aliphatic hydroxyl groups excluding tert-OH is 2. The lowest BCUT2D eigenvalue weighted by atomic mass is 10.0. The highest BCUT2D eigenvalue weighted by Gasteiger charge is 2.12. The average Bonchev–Trinajstić information content (AvgIpc) is 3.12. The summed E-state index contributed by atoms with van der Waals surface area (Å²) in [5.41, 5.74) is 6.19. The van der Waals surface area contributed by atoms with Crippen LogP contribution < -0.4 is 0 Å². The topological polar surface area (TPSA) is 66.5 Å². The molecule has 2 N–H and O–H groups in total. The molecular formula is C21H17NO3. The van der Waals surface area contributed by atoms with Crippen LogP contribution >= 0.6 is 0 Å². The summed E-state index contributed by atoms with van der Waals surface area (Å²) in [6.45, 7) is 0.0523. The Balaban J connectivity index is 1.79. The van der Waals surface area contributed by atoms with Crippen LogP contribution in [0.5, 0.6) is 0 Å². The fourth-order valence-electron chi connectivity index (χ4n) is 2.87. The Hall–Kier alpha value is -2.95. The number of fused-ring (bicyclic) bond motifs is 1. The predicted molar refractivity (Wildman–Crippen MR) is 96.7 cm³/mol. The van der Waals surface area contributed by atoms with E-state index >= 15 is 0 Å². The van der Waals surface area contributed by atoms with Crippen LogP contribution in [-0.4, -0.2) is 15.2 Å². The summed E-state index contributed by atoms with van der Waals surface area (Å²) in [7, 11) is 0. The van der Waals surface area contributed by atoms with E-state index in [-0.39, 0.29) is 13.2 Å². The highest BCUT2D eigenvalue weighted by atomic mass is 16.3. The molecule has 25 heavy (non-hydrogen) atoms. The van der Waals surface area contributed by atoms with Crippen molar-refractivity contribution in [1.29, 1.82) is 0 Å². The number of hydrogen-bond acceptors (Lipinski definition) is 4. The van der Waals surface area contributed by atoms with E-state index in [1.165, 1.54) is 0 Å². The summed E-state index contributed by atoms with van der Waals surface area (Å²) in [5, 5.41) is 18.4. The molecule has 4 heteroatoms. The van der Waals surface area contributed by atoms with Crippen LogP contribution in [0.3, 0.4) is 0 Å². The largest absolute Gasteiger partial charge is 0.454 e. The van der Waals surface area contributed by atoms with E-state index in [0.29, 0.717) is 0 Å². The fourth-order valence-corrected chi connectivity index (χ4v) is 2.87. The van der Waals surface area contributed by atoms with E-state index in [0.717, 1.165) is 44.7 Å². The molecule has 0 spiro atoms. The van der Waals surface area contributed by atoms with Crippen molar-refractivity contribution in [2.45, 2.75) is 13.2 Å². The molecule has 124 valence electrons. The Morgan fingerprint density at radius 3 is 1.96 bits per heavy atom. The average molecular weight is 331 g/mol. The molecule has 0 saturated carbocycles. The van der Waals surface area contributed by atoms with Gasteiger partial charge in [0.2, 0.25) is 0 Å². The van der Waals surface area contributed by atoms with Crippen LogP contribution in [0.4, 0.5) is 0 Å². The quantitative estimate of drug-likeness (QED) is 0.590. The molecule has 2 heterocycles. The van der Waals surface area contributed by atoms with Crippen molar-refractivity contribution in [1.82, 2.24) is 4.98 Å². The molecule has 4 aromatic rings. The molecule has 0 aliphatic carbocycles. The normalized spacial score (nSPS) is 11.1. The van der Waals surface area contributed by atoms with Crippen molar-refractivity contribution in [2.75, 3.05) is 0 Å². The lowest BCUT2D eigenvalue weighted by Crippen LogP contribution is -1.84. The van der Waals surface area contributed by atoms with Gasteiger partial charge in [0, 0.05) is 23.4 Å². The monoisotopic (exact) mass is 331 g/mol. The molecule has 4 rings (SSSR count). The number of pyridine rings is 1. The van der Waals surface area contributed by atoms with E-state index in [4.69, 9.17) is 9.52 Å². The third-order valence-corrected chi connectivity index (χ3v) is 4.28. The lowest BCUT2D eigenvalue weighted by Gasteiger charge is -2.03. The summed E-state index contributed by atoms with van der Waals surface area (Å²) in [6, 6.07) is 19.2. The smallest absolute Gasteiger partial charge is 0.161 e. The Labute approximate surface area is 145 Å². The van der Waals surface area contributed by atoms with Crippen molar-refractivity contribution in [3.05, 3.63) is 78.0 Å². The van der Waals surface area contributed by atoms with Crippen LogP contribution in [0.15, 0.2) is 71.3 Å². The minimum Gasteiger partial charge on any atom is -0.454 e. The molecule has 0 aliphatic heterocycles. The minimum atomic E-state index is 0.0238. The van der Waals surface area contributed by atoms with Crippen molar-refractivity contribution in [2.24, 2.45) is 0 Å². The molecule has 0 radical (unpaired) electrons. The van der Waals surface area contributed by atoms with Gasteiger partial charge in [-0.15, -0.1) is 0 Å². The summed E-state index contributed by atoms with van der Waals surface area (Å²) in [6.07, 6.45) is 1.77. The maximum absolute atomic E-state index is 9.19. The van der Waals surface area contributed by atoms with Gasteiger partial charge in [0.15, 0.2) is 5.58 Å². The zero-order chi connectivity index (χ0) is 17.2. The SMILES string of the molecule is OCc1ccc(-c2cc3nccc(-c4ccc(CO)cc4)c3o2)cc1. The second-order valence-electron chi connectivity index (χ2n) is 5.89. The maximum Gasteiger partial charge on any atom is 0.161 e. The van der Waals surface area contributed by atoms with E-state index in [1.807, 2.05) is 60.7 Å². The number of rotatable bonds is 4. The lowest BCUT2D eigenvalue weighted by molar-refractivity contribution is 0.281. The van der Waals surface area contributed by atoms with Gasteiger partial charge in [-0.1, -0.05) is 48.5 Å². The number of furan rings is 1. The zero-order valence-electron chi connectivity index (χ0n) is 13.5. The van der Waals surface area contributed by atoms with Gasteiger partial charge in [-0.3, -0.25) is 4.98 Å². The summed E-state index contributed by atoms with van der Waals surface area (Å²) < 4.78 is 6.10. The van der Waals surface area contributed by atoms with Crippen LogP contribution in [0.25, 0.3) is 33.6 Å². The number of nitrogens with zero attached hydrogens (tertiary/aromatic N) is 1. The molecular weight excluding hydrogens is 314 g/mol. The van der Waals surface area contributed by atoms with Crippen LogP contribution in [-0.2, 0) is 13.2 Å². The predicted octanol–water partition coefficient (Wildman–Crippen LogP) is 4.15. The second kappa shape index (κ2) is 6.51. The zero-order valence-corrected chi connectivity index (χ0v) is 13.5. The van der Waals surface area contributed by atoms with Gasteiger partial charge in [0.05, 0.1) is 13.2 Å². The van der Waals surface area contributed by atoms with Gasteiger partial charge in [0.25, 0.3) is 0 Å². The van der Waals surface area contributed by atoms with Gasteiger partial charge in [-0.2, -0.15) is 0 Å². The van der Waals surface area contributed by atoms with Crippen molar-refractivity contribution in [3.8, 4) is 22.5 Å². The van der Waals surface area contributed by atoms with Crippen molar-refractivity contribution < 1.29 is 14.6 Å². The molecule has 0 aliphatic rings. The van der Waals surface area contributed by atoms with Crippen LogP contribution in [0, 0.1) is 0 Å². The van der Waals surface area contributed by atoms with Gasteiger partial charge in [-0.25, -0.2) is 0 Å². The van der Waals surface area contributed by atoms with Crippen LogP contribution in [0.2, 0.25) is 0 Å². The van der Waals surface area contributed by atoms with Gasteiger partial charge >= 0.3 is 0 Å². The molecule has 2 aromatic carbocycles. The van der Waals surface area contributed by atoms with E-state index < -0.39 is 0 Å². The Morgan fingerprint density at radius 2 is 1.36 bits per heavy atom. The molecule has 0 amide bonds. The third kappa shape index (κ3) is 2.93. The highest BCUT2D eigenvalue weighted by molar-refractivity contribution is 5.92. The standard InChI is InChI=1S/C21H17NO3/c23-12-14-1-5-16(6-2-14)18-9-10-22-19-11-20(25-21(18)19)17-7-3-15(13-24)4-8-17/h1-11,23-24H,12-13H2. The highest BCUT2D eigenvalue weighted by Crippen LogP contribution is 2.33. The Morgan fingerprint density at radius 1 is 0.760 bits per heavy atom. The molecule has 0 fully saturated rings. The number of aliphatic hydroxyl groups is 2. The number of hydrogen-bond donors (Lipinski definition) is 2. The molecule has 0 atom stereocenters. The number of benzene rings is 2. The molecule has 2 aromatic heterocycles. The van der Waals surface area contributed by atoms with Crippen LogP contribution in [0.1, 0.15) is 11.1 Å². The van der Waals surface area contributed by atoms with E-state index in [2.05, 4.69) is 4.98 Å². The van der Waals surface area contributed by atoms with Gasteiger partial charge < -0.3 is 14.6 Å². The Kier molecular flexibility index (Phi) is 4.06. The minimum absolute atomic E-state index is 0.0238. The molecule has 0 unspecified atom stereocenters. The number of aromatic nitrogens is 1. The maximum atomic E-state index is 9.19. The first-order valence-corrected chi connectivity index (χ1v) is 8.07. The molecule has 0 saturated heterocycles. The first-order valence-electron chi connectivity index (χ1n) is 8.07. The second-order valence-corrected chi connectivity index (χ2v) is 5.89. The summed E-state index contributed by atoms with van der Waals surface area (Å²) in [4.78, 5) is 4.41. The van der Waals surface area contributed by atoms with Crippen molar-refractivity contribution >= 4 is 11.1 Å². The van der Waals surface area contributed by atoms with Gasteiger partial charge in [-0.05, 0) is 22.8 Å². The summed E-state index contributed by atoms with van der Waals surface area (Å²) >= 11 is 0. The first-order chi connectivity index (χ1) is 12.3. The van der Waals surface area contributed by atoms with E-state index in [9.17, 15) is 5.11 Å². The van der Waals surface area contributed by atoms with Crippen molar-refractivity contribution in [3.63, 3.8) is 0 Å². The molecule has 4 nitrogen and oxygen atoms in total. The Bertz CT molecular complexity index is 1000. The fraction of sp³-hybridized carbons (Fsp3) is 0.0952. The molecule has 0 bridgehead atoms. The first kappa shape index (κ1) is 15.6. The third-order valence-electron chi connectivity index (χ3n) is 4.28. The summed E-state index contributed by atoms with van der Waals surface area (Å²) in [5.74, 6) is 0.742. The van der Waals surface area contributed by atoms with Gasteiger partial charge in [0.1, 0.15) is 11.3 Å². The van der Waals surface area contributed by atoms with E-state index in [1.54, 1.807) is 6.20 Å².